The van der Waals surface area contributed by atoms with E-state index in [2.05, 4.69) is 29.5 Å². The molecule has 1 aromatic rings. The van der Waals surface area contributed by atoms with Gasteiger partial charge in [-0.1, -0.05) is 27.7 Å². The van der Waals surface area contributed by atoms with E-state index in [1.165, 1.54) is 0 Å². The van der Waals surface area contributed by atoms with Gasteiger partial charge in [0.1, 0.15) is 5.82 Å². The summed E-state index contributed by atoms with van der Waals surface area (Å²) in [7, 11) is 0. The summed E-state index contributed by atoms with van der Waals surface area (Å²) < 4.78 is 0. The molecule has 4 heteroatoms. The van der Waals surface area contributed by atoms with E-state index in [0.717, 1.165) is 18.7 Å². The van der Waals surface area contributed by atoms with Gasteiger partial charge >= 0.3 is 0 Å². The first-order valence-electron chi connectivity index (χ1n) is 6.50. The van der Waals surface area contributed by atoms with Crippen LogP contribution in [-0.2, 0) is 4.79 Å². The van der Waals surface area contributed by atoms with Crippen LogP contribution in [0.25, 0.3) is 0 Å². The Morgan fingerprint density at radius 3 is 2.50 bits per heavy atom. The molecular weight excluding hydrogens is 226 g/mol. The number of hydrogen-bond acceptors (Lipinski definition) is 3. The summed E-state index contributed by atoms with van der Waals surface area (Å²) in [5, 5.41) is 6.07. The molecule has 1 rings (SSSR count). The highest BCUT2D eigenvalue weighted by Gasteiger charge is 2.07. The highest BCUT2D eigenvalue weighted by Crippen LogP contribution is 2.11. The first-order valence-corrected chi connectivity index (χ1v) is 6.50. The second kappa shape index (κ2) is 6.99. The van der Waals surface area contributed by atoms with Gasteiger partial charge in [-0.3, -0.25) is 4.79 Å². The van der Waals surface area contributed by atoms with Gasteiger partial charge in [-0.25, -0.2) is 4.98 Å². The van der Waals surface area contributed by atoms with Crippen molar-refractivity contribution in [3.8, 4) is 0 Å². The van der Waals surface area contributed by atoms with Crippen molar-refractivity contribution in [3.05, 3.63) is 18.3 Å². The third kappa shape index (κ3) is 5.17. The molecule has 1 heterocycles. The standard InChI is InChI=1S/C14H23N3O/c1-10(2)7-8-15-12-5-6-13(16-9-12)17-14(18)11(3)4/h5-6,9-11,15H,7-8H2,1-4H3,(H,16,17,18). The van der Waals surface area contributed by atoms with E-state index in [9.17, 15) is 4.79 Å². The van der Waals surface area contributed by atoms with Crippen molar-refractivity contribution in [3.63, 3.8) is 0 Å². The smallest absolute Gasteiger partial charge is 0.228 e. The van der Waals surface area contributed by atoms with Crippen molar-refractivity contribution >= 4 is 17.4 Å². The maximum Gasteiger partial charge on any atom is 0.228 e. The fraction of sp³-hybridized carbons (Fsp3) is 0.571. The number of anilines is 2. The van der Waals surface area contributed by atoms with Crippen molar-refractivity contribution in [2.24, 2.45) is 11.8 Å². The average molecular weight is 249 g/mol. The molecule has 0 aliphatic rings. The molecule has 2 N–H and O–H groups in total. The zero-order valence-electron chi connectivity index (χ0n) is 11.7. The monoisotopic (exact) mass is 249 g/mol. The van der Waals surface area contributed by atoms with Crippen LogP contribution in [0.3, 0.4) is 0 Å². The van der Waals surface area contributed by atoms with Gasteiger partial charge < -0.3 is 10.6 Å². The number of rotatable bonds is 6. The van der Waals surface area contributed by atoms with Crippen molar-refractivity contribution in [2.75, 3.05) is 17.2 Å². The molecule has 0 unspecified atom stereocenters. The molecule has 100 valence electrons. The zero-order valence-corrected chi connectivity index (χ0v) is 11.7. The highest BCUT2D eigenvalue weighted by atomic mass is 16.1. The van der Waals surface area contributed by atoms with E-state index < -0.39 is 0 Å². The van der Waals surface area contributed by atoms with Crippen molar-refractivity contribution in [2.45, 2.75) is 34.1 Å². The SMILES string of the molecule is CC(C)CCNc1ccc(NC(=O)C(C)C)nc1. The molecule has 1 aromatic heterocycles. The fourth-order valence-electron chi connectivity index (χ4n) is 1.35. The number of carbonyl (C=O) groups excluding carboxylic acids is 1. The van der Waals surface area contributed by atoms with Gasteiger partial charge in [0.25, 0.3) is 0 Å². The second-order valence-electron chi connectivity index (χ2n) is 5.19. The fourth-order valence-corrected chi connectivity index (χ4v) is 1.35. The van der Waals surface area contributed by atoms with E-state index in [1.54, 1.807) is 6.20 Å². The lowest BCUT2D eigenvalue weighted by molar-refractivity contribution is -0.118. The van der Waals surface area contributed by atoms with Crippen LogP contribution in [0.5, 0.6) is 0 Å². The van der Waals surface area contributed by atoms with Gasteiger partial charge in [-0.15, -0.1) is 0 Å². The lowest BCUT2D eigenvalue weighted by Gasteiger charge is -2.10. The van der Waals surface area contributed by atoms with Crippen LogP contribution in [0.2, 0.25) is 0 Å². The summed E-state index contributed by atoms with van der Waals surface area (Å²) in [5.41, 5.74) is 0.984. The summed E-state index contributed by atoms with van der Waals surface area (Å²) in [4.78, 5) is 15.7. The maximum atomic E-state index is 11.5. The Morgan fingerprint density at radius 1 is 1.28 bits per heavy atom. The van der Waals surface area contributed by atoms with Gasteiger partial charge in [0, 0.05) is 12.5 Å². The van der Waals surface area contributed by atoms with Crippen molar-refractivity contribution in [1.82, 2.24) is 4.98 Å². The van der Waals surface area contributed by atoms with Crippen molar-refractivity contribution < 1.29 is 4.79 Å². The molecule has 0 aliphatic carbocycles. The molecule has 0 aliphatic heterocycles. The minimum Gasteiger partial charge on any atom is -0.384 e. The molecule has 0 spiro atoms. The Balaban J connectivity index is 2.45. The Morgan fingerprint density at radius 2 is 2.00 bits per heavy atom. The van der Waals surface area contributed by atoms with E-state index in [-0.39, 0.29) is 11.8 Å². The normalized spacial score (nSPS) is 10.8. The Bertz CT molecular complexity index is 371. The number of pyridine rings is 1. The van der Waals surface area contributed by atoms with Gasteiger partial charge in [0.15, 0.2) is 0 Å². The van der Waals surface area contributed by atoms with Crippen LogP contribution < -0.4 is 10.6 Å². The van der Waals surface area contributed by atoms with Gasteiger partial charge in [0.2, 0.25) is 5.91 Å². The number of nitrogens with one attached hydrogen (secondary N) is 2. The van der Waals surface area contributed by atoms with Crippen LogP contribution in [-0.4, -0.2) is 17.4 Å². The minimum absolute atomic E-state index is 0.0111. The third-order valence-corrected chi connectivity index (χ3v) is 2.59. The minimum atomic E-state index is -0.0318. The average Bonchev–Trinajstić information content (AvgIpc) is 2.30. The molecule has 0 bridgehead atoms. The van der Waals surface area contributed by atoms with Crippen LogP contribution in [0.1, 0.15) is 34.1 Å². The quantitative estimate of drug-likeness (QED) is 0.814. The van der Waals surface area contributed by atoms with E-state index in [4.69, 9.17) is 0 Å². The molecule has 0 atom stereocenters. The topological polar surface area (TPSA) is 54.0 Å². The van der Waals surface area contributed by atoms with E-state index in [1.807, 2.05) is 26.0 Å². The molecule has 1 amide bonds. The third-order valence-electron chi connectivity index (χ3n) is 2.59. The molecular formula is C14H23N3O. The van der Waals surface area contributed by atoms with E-state index >= 15 is 0 Å². The lowest BCUT2D eigenvalue weighted by Crippen LogP contribution is -2.18. The largest absolute Gasteiger partial charge is 0.384 e. The predicted octanol–water partition coefficient (Wildman–Crippen LogP) is 3.13. The number of carbonyl (C=O) groups is 1. The summed E-state index contributed by atoms with van der Waals surface area (Å²) in [5.74, 6) is 1.25. The van der Waals surface area contributed by atoms with E-state index in [0.29, 0.717) is 11.7 Å². The molecule has 4 nitrogen and oxygen atoms in total. The Labute approximate surface area is 109 Å². The Kier molecular flexibility index (Phi) is 5.62. The molecule has 0 fully saturated rings. The summed E-state index contributed by atoms with van der Waals surface area (Å²) in [6, 6.07) is 3.75. The summed E-state index contributed by atoms with van der Waals surface area (Å²) >= 11 is 0. The highest BCUT2D eigenvalue weighted by molar-refractivity contribution is 5.91. The van der Waals surface area contributed by atoms with Crippen LogP contribution in [0.4, 0.5) is 11.5 Å². The molecule has 0 aromatic carbocycles. The lowest BCUT2D eigenvalue weighted by atomic mass is 10.1. The van der Waals surface area contributed by atoms with Crippen LogP contribution in [0, 0.1) is 11.8 Å². The predicted molar refractivity (Wildman–Crippen MR) is 75.6 cm³/mol. The molecule has 0 saturated carbocycles. The van der Waals surface area contributed by atoms with Crippen LogP contribution >= 0.6 is 0 Å². The zero-order chi connectivity index (χ0) is 13.5. The van der Waals surface area contributed by atoms with Crippen molar-refractivity contribution in [1.29, 1.82) is 0 Å². The molecule has 0 radical (unpaired) electrons. The van der Waals surface area contributed by atoms with Gasteiger partial charge in [-0.2, -0.15) is 0 Å². The van der Waals surface area contributed by atoms with Gasteiger partial charge in [0.05, 0.1) is 11.9 Å². The maximum absolute atomic E-state index is 11.5. The second-order valence-corrected chi connectivity index (χ2v) is 5.19. The number of amides is 1. The summed E-state index contributed by atoms with van der Waals surface area (Å²) in [6.07, 6.45) is 2.88. The van der Waals surface area contributed by atoms with Crippen LogP contribution in [0.15, 0.2) is 18.3 Å². The van der Waals surface area contributed by atoms with Gasteiger partial charge in [-0.05, 0) is 24.5 Å². The number of aromatic nitrogens is 1. The number of nitrogens with zero attached hydrogens (tertiary/aromatic N) is 1. The number of hydrogen-bond donors (Lipinski definition) is 2. The Hall–Kier alpha value is -1.58. The molecule has 18 heavy (non-hydrogen) atoms. The summed E-state index contributed by atoms with van der Waals surface area (Å²) in [6.45, 7) is 9.06. The first-order chi connectivity index (χ1) is 8.49. The molecule has 0 saturated heterocycles. The first kappa shape index (κ1) is 14.5.